The van der Waals surface area contributed by atoms with E-state index in [1.54, 1.807) is 36.4 Å². The second-order valence-corrected chi connectivity index (χ2v) is 5.41. The molecule has 0 aromatic heterocycles. The molecule has 5 nitrogen and oxygen atoms in total. The van der Waals surface area contributed by atoms with Gasteiger partial charge < -0.3 is 9.66 Å². The summed E-state index contributed by atoms with van der Waals surface area (Å²) in [6.45, 7) is 1.92. The maximum absolute atomic E-state index is 11.6. The van der Waals surface area contributed by atoms with Gasteiger partial charge in [-0.25, -0.2) is 4.79 Å². The highest BCUT2D eigenvalue weighted by molar-refractivity contribution is 7.81. The number of carbonyl (C=O) groups is 1. The van der Waals surface area contributed by atoms with Crippen molar-refractivity contribution in [3.05, 3.63) is 65.7 Å². The number of aliphatic carboxylic acids is 1. The van der Waals surface area contributed by atoms with Crippen LogP contribution in [0, 0.1) is 6.92 Å². The standard InChI is InChI=1S/C16H15NO4S/c1-12-5-8-14(9-6-12)17(22(20)21)15-4-2-3-13(11-15)7-10-16(18)19/h2-11H,1H3,(H,18,19)(H,20,21)/p-1. The van der Waals surface area contributed by atoms with Crippen LogP contribution >= 0.6 is 0 Å². The number of hydrogen-bond donors (Lipinski definition) is 1. The zero-order valence-electron chi connectivity index (χ0n) is 11.8. The van der Waals surface area contributed by atoms with Gasteiger partial charge in [0.15, 0.2) is 0 Å². The Hall–Kier alpha value is -2.44. The molecular formula is C16H14NO4S-. The van der Waals surface area contributed by atoms with E-state index in [1.165, 1.54) is 6.08 Å². The smallest absolute Gasteiger partial charge is 0.328 e. The molecule has 114 valence electrons. The average Bonchev–Trinajstić information content (AvgIpc) is 2.47. The summed E-state index contributed by atoms with van der Waals surface area (Å²) < 4.78 is 24.3. The summed E-state index contributed by atoms with van der Waals surface area (Å²) in [5.74, 6) is -1.06. The molecule has 0 amide bonds. The van der Waals surface area contributed by atoms with Gasteiger partial charge in [-0.05, 0) is 42.8 Å². The van der Waals surface area contributed by atoms with Crippen molar-refractivity contribution in [3.8, 4) is 0 Å². The topological polar surface area (TPSA) is 80.7 Å². The number of benzene rings is 2. The van der Waals surface area contributed by atoms with Crippen molar-refractivity contribution in [3.63, 3.8) is 0 Å². The second kappa shape index (κ2) is 7.02. The molecule has 0 aliphatic rings. The number of carboxylic acid groups (broad SMARTS) is 1. The third-order valence-electron chi connectivity index (χ3n) is 2.94. The SMILES string of the molecule is Cc1ccc(N(c2cccc(C=CC(=O)O)c2)S(=O)[O-])cc1. The molecule has 22 heavy (non-hydrogen) atoms. The quantitative estimate of drug-likeness (QED) is 0.679. The van der Waals surface area contributed by atoms with Crippen LogP contribution in [0.3, 0.4) is 0 Å². The highest BCUT2D eigenvalue weighted by atomic mass is 32.2. The fourth-order valence-electron chi connectivity index (χ4n) is 1.92. The first-order valence-corrected chi connectivity index (χ1v) is 7.48. The van der Waals surface area contributed by atoms with Crippen LogP contribution in [0.15, 0.2) is 54.6 Å². The Morgan fingerprint density at radius 3 is 2.45 bits per heavy atom. The van der Waals surface area contributed by atoms with Crippen LogP contribution in [0.4, 0.5) is 11.4 Å². The molecule has 1 atom stereocenters. The molecular weight excluding hydrogens is 302 g/mol. The maximum atomic E-state index is 11.6. The minimum absolute atomic E-state index is 0.435. The minimum atomic E-state index is -2.49. The number of hydrogen-bond acceptors (Lipinski definition) is 3. The highest BCUT2D eigenvalue weighted by Gasteiger charge is 2.10. The second-order valence-electron chi connectivity index (χ2n) is 4.61. The summed E-state index contributed by atoms with van der Waals surface area (Å²) in [5.41, 5.74) is 2.57. The Kier molecular flexibility index (Phi) is 5.08. The molecule has 2 aromatic rings. The first kappa shape index (κ1) is 15.9. The molecule has 0 fully saturated rings. The van der Waals surface area contributed by atoms with Crippen molar-refractivity contribution >= 4 is 34.7 Å². The Balaban J connectivity index is 2.41. The van der Waals surface area contributed by atoms with E-state index in [2.05, 4.69) is 0 Å². The monoisotopic (exact) mass is 316 g/mol. The van der Waals surface area contributed by atoms with Gasteiger partial charge in [-0.1, -0.05) is 29.8 Å². The van der Waals surface area contributed by atoms with E-state index in [0.717, 1.165) is 15.9 Å². The lowest BCUT2D eigenvalue weighted by Crippen LogP contribution is -2.19. The number of rotatable bonds is 5. The summed E-state index contributed by atoms with van der Waals surface area (Å²) in [7, 11) is 0. The van der Waals surface area contributed by atoms with Gasteiger partial charge in [-0.3, -0.25) is 8.51 Å². The first-order valence-electron chi connectivity index (χ1n) is 6.44. The molecule has 2 aromatic carbocycles. The lowest BCUT2D eigenvalue weighted by atomic mass is 10.1. The van der Waals surface area contributed by atoms with Crippen molar-refractivity contribution in [2.45, 2.75) is 6.92 Å². The van der Waals surface area contributed by atoms with Crippen LogP contribution in [0.25, 0.3) is 6.08 Å². The van der Waals surface area contributed by atoms with E-state index >= 15 is 0 Å². The lowest BCUT2D eigenvalue weighted by Gasteiger charge is -2.26. The van der Waals surface area contributed by atoms with Crippen LogP contribution in [0.2, 0.25) is 0 Å². The van der Waals surface area contributed by atoms with E-state index in [1.807, 2.05) is 19.1 Å². The third kappa shape index (κ3) is 4.03. The molecule has 2 rings (SSSR count). The molecule has 0 aliphatic carbocycles. The zero-order valence-corrected chi connectivity index (χ0v) is 12.6. The number of carboxylic acids is 1. The van der Waals surface area contributed by atoms with Crippen LogP contribution in [0.5, 0.6) is 0 Å². The van der Waals surface area contributed by atoms with Crippen LogP contribution in [-0.2, 0) is 16.1 Å². The Bertz CT molecular complexity index is 725. The predicted octanol–water partition coefficient (Wildman–Crippen LogP) is 3.03. The van der Waals surface area contributed by atoms with Gasteiger partial charge >= 0.3 is 5.97 Å². The van der Waals surface area contributed by atoms with Crippen LogP contribution in [0.1, 0.15) is 11.1 Å². The van der Waals surface area contributed by atoms with Gasteiger partial charge in [0.1, 0.15) is 0 Å². The van der Waals surface area contributed by atoms with Crippen molar-refractivity contribution in [2.24, 2.45) is 0 Å². The van der Waals surface area contributed by atoms with E-state index < -0.39 is 17.2 Å². The van der Waals surface area contributed by atoms with Gasteiger partial charge in [-0.2, -0.15) is 0 Å². The van der Waals surface area contributed by atoms with Gasteiger partial charge in [0, 0.05) is 6.08 Å². The average molecular weight is 316 g/mol. The summed E-state index contributed by atoms with van der Waals surface area (Å²) in [6.07, 6.45) is 2.41. The largest absolute Gasteiger partial charge is 0.755 e. The molecule has 1 N–H and O–H groups in total. The Labute approximate surface area is 130 Å². The summed E-state index contributed by atoms with van der Waals surface area (Å²) >= 11 is -2.49. The molecule has 1 unspecified atom stereocenters. The van der Waals surface area contributed by atoms with Crippen molar-refractivity contribution in [1.82, 2.24) is 0 Å². The molecule has 0 saturated carbocycles. The summed E-state index contributed by atoms with van der Waals surface area (Å²) in [6, 6.07) is 13.7. The summed E-state index contributed by atoms with van der Waals surface area (Å²) in [4.78, 5) is 10.6. The highest BCUT2D eigenvalue weighted by Crippen LogP contribution is 2.28. The Morgan fingerprint density at radius 2 is 1.86 bits per heavy atom. The minimum Gasteiger partial charge on any atom is -0.755 e. The van der Waals surface area contributed by atoms with Gasteiger partial charge in [0.25, 0.3) is 0 Å². The predicted molar refractivity (Wildman–Crippen MR) is 85.3 cm³/mol. The molecule has 0 saturated heterocycles. The Morgan fingerprint density at radius 1 is 1.18 bits per heavy atom. The van der Waals surface area contributed by atoms with Crippen molar-refractivity contribution < 1.29 is 18.7 Å². The van der Waals surface area contributed by atoms with Crippen LogP contribution < -0.4 is 4.31 Å². The third-order valence-corrected chi connectivity index (χ3v) is 3.66. The number of anilines is 2. The number of nitrogens with zero attached hydrogens (tertiary/aromatic N) is 1. The fraction of sp³-hybridized carbons (Fsp3) is 0.0625. The maximum Gasteiger partial charge on any atom is 0.328 e. The molecule has 6 heteroatoms. The van der Waals surface area contributed by atoms with Gasteiger partial charge in [0.05, 0.1) is 22.6 Å². The molecule has 0 heterocycles. The van der Waals surface area contributed by atoms with E-state index in [-0.39, 0.29) is 0 Å². The first-order chi connectivity index (χ1) is 10.5. The lowest BCUT2D eigenvalue weighted by molar-refractivity contribution is -0.131. The van der Waals surface area contributed by atoms with Gasteiger partial charge in [0.2, 0.25) is 0 Å². The molecule has 0 radical (unpaired) electrons. The van der Waals surface area contributed by atoms with Crippen molar-refractivity contribution in [1.29, 1.82) is 0 Å². The van der Waals surface area contributed by atoms with E-state index in [0.29, 0.717) is 16.9 Å². The van der Waals surface area contributed by atoms with Gasteiger partial charge in [-0.15, -0.1) is 0 Å². The summed E-state index contributed by atoms with van der Waals surface area (Å²) in [5, 5.41) is 8.65. The molecule has 0 spiro atoms. The molecule has 0 aliphatic heterocycles. The normalized spacial score (nSPS) is 12.3. The zero-order chi connectivity index (χ0) is 16.1. The van der Waals surface area contributed by atoms with Crippen molar-refractivity contribution in [2.75, 3.05) is 4.31 Å². The fourth-order valence-corrected chi connectivity index (χ4v) is 2.50. The van der Waals surface area contributed by atoms with E-state index in [9.17, 15) is 13.6 Å². The van der Waals surface area contributed by atoms with Crippen LogP contribution in [-0.4, -0.2) is 19.8 Å². The number of aryl methyl sites for hydroxylation is 1. The molecule has 0 bridgehead atoms. The van der Waals surface area contributed by atoms with E-state index in [4.69, 9.17) is 5.11 Å².